The molecular weight excluding hydrogens is 436 g/mol. The van der Waals surface area contributed by atoms with Gasteiger partial charge in [-0.2, -0.15) is 0 Å². The highest BCUT2D eigenvalue weighted by Gasteiger charge is 2.22. The third-order valence-corrected chi connectivity index (χ3v) is 5.88. The second kappa shape index (κ2) is 11.5. The number of aliphatic hydroxyl groups is 2. The van der Waals surface area contributed by atoms with Gasteiger partial charge in [-0.05, 0) is 30.4 Å². The van der Waals surface area contributed by atoms with Crippen molar-refractivity contribution < 1.29 is 14.9 Å². The Morgan fingerprint density at radius 1 is 1.03 bits per heavy atom. The largest absolute Gasteiger partial charge is 0.491 e. The quantitative estimate of drug-likeness (QED) is 0.419. The highest BCUT2D eigenvalue weighted by molar-refractivity contribution is 5.71. The van der Waals surface area contributed by atoms with Gasteiger partial charge in [0.25, 0.3) is 5.56 Å². The van der Waals surface area contributed by atoms with Crippen LogP contribution in [0.2, 0.25) is 0 Å². The van der Waals surface area contributed by atoms with E-state index in [-0.39, 0.29) is 36.8 Å². The number of benzene rings is 1. The number of hydrogen-bond donors (Lipinski definition) is 2. The fraction of sp³-hybridized carbons (Fsp3) is 0.560. The van der Waals surface area contributed by atoms with Crippen molar-refractivity contribution in [2.24, 2.45) is 0 Å². The lowest BCUT2D eigenvalue weighted by Crippen LogP contribution is -2.44. The van der Waals surface area contributed by atoms with Gasteiger partial charge >= 0.3 is 5.69 Å². The van der Waals surface area contributed by atoms with E-state index in [9.17, 15) is 19.8 Å². The molecule has 9 heteroatoms. The molecule has 0 amide bonds. The number of ether oxygens (including phenoxy) is 1. The molecule has 2 aromatic heterocycles. The average molecular weight is 473 g/mol. The summed E-state index contributed by atoms with van der Waals surface area (Å²) < 4.78 is 10.1. The van der Waals surface area contributed by atoms with E-state index < -0.39 is 17.4 Å². The van der Waals surface area contributed by atoms with Crippen molar-refractivity contribution in [1.82, 2.24) is 18.7 Å². The van der Waals surface area contributed by atoms with Crippen LogP contribution in [-0.2, 0) is 26.2 Å². The lowest BCUT2D eigenvalue weighted by molar-refractivity contribution is 0.0895. The van der Waals surface area contributed by atoms with Crippen LogP contribution in [0, 0.1) is 0 Å². The minimum atomic E-state index is -1.07. The van der Waals surface area contributed by atoms with Crippen LogP contribution in [0.1, 0.15) is 64.3 Å². The van der Waals surface area contributed by atoms with Crippen molar-refractivity contribution in [1.29, 1.82) is 0 Å². The maximum Gasteiger partial charge on any atom is 0.332 e. The molecule has 0 saturated carbocycles. The van der Waals surface area contributed by atoms with E-state index in [4.69, 9.17) is 4.74 Å². The van der Waals surface area contributed by atoms with Crippen LogP contribution in [0.15, 0.2) is 33.9 Å². The summed E-state index contributed by atoms with van der Waals surface area (Å²) in [6.07, 6.45) is 1.27. The Morgan fingerprint density at radius 3 is 2.41 bits per heavy atom. The van der Waals surface area contributed by atoms with E-state index in [0.717, 1.165) is 29.4 Å². The van der Waals surface area contributed by atoms with E-state index in [1.807, 2.05) is 38.1 Å². The van der Waals surface area contributed by atoms with Crippen LogP contribution < -0.4 is 16.0 Å². The van der Waals surface area contributed by atoms with Gasteiger partial charge in [-0.1, -0.05) is 52.3 Å². The molecule has 1 aromatic carbocycles. The van der Waals surface area contributed by atoms with Crippen molar-refractivity contribution in [3.05, 3.63) is 56.5 Å². The van der Waals surface area contributed by atoms with Gasteiger partial charge in [0.2, 0.25) is 0 Å². The Kier molecular flexibility index (Phi) is 8.68. The Morgan fingerprint density at radius 2 is 1.76 bits per heavy atom. The van der Waals surface area contributed by atoms with E-state index in [1.165, 1.54) is 4.57 Å². The normalized spacial score (nSPS) is 12.6. The molecule has 0 unspecified atom stereocenters. The van der Waals surface area contributed by atoms with Gasteiger partial charge in [0, 0.05) is 13.1 Å². The van der Waals surface area contributed by atoms with E-state index >= 15 is 0 Å². The topological polar surface area (TPSA) is 112 Å². The van der Waals surface area contributed by atoms with Gasteiger partial charge < -0.3 is 19.5 Å². The maximum absolute atomic E-state index is 13.4. The molecule has 186 valence electrons. The molecule has 3 aromatic rings. The second-order valence-electron chi connectivity index (χ2n) is 8.87. The number of para-hydroxylation sites is 1. The Balaban J connectivity index is 1.99. The molecule has 3 rings (SSSR count). The third kappa shape index (κ3) is 5.26. The molecule has 0 aliphatic carbocycles. The summed E-state index contributed by atoms with van der Waals surface area (Å²) in [7, 11) is 0. The maximum atomic E-state index is 13.4. The number of rotatable bonds is 12. The molecule has 0 aliphatic heterocycles. The van der Waals surface area contributed by atoms with Gasteiger partial charge in [0.1, 0.15) is 30.9 Å². The molecule has 0 aliphatic rings. The molecule has 1 atom stereocenters. The van der Waals surface area contributed by atoms with Crippen LogP contribution >= 0.6 is 0 Å². The molecule has 2 heterocycles. The number of aryl methyl sites for hydroxylation is 2. The van der Waals surface area contributed by atoms with Gasteiger partial charge in [-0.25, -0.2) is 9.78 Å². The minimum Gasteiger partial charge on any atom is -0.491 e. The predicted octanol–water partition coefficient (Wildman–Crippen LogP) is 2.63. The van der Waals surface area contributed by atoms with Gasteiger partial charge in [0.05, 0.1) is 6.54 Å². The van der Waals surface area contributed by atoms with Crippen molar-refractivity contribution in [2.45, 2.75) is 85.2 Å². The number of hydrogen-bond acceptors (Lipinski definition) is 6. The van der Waals surface area contributed by atoms with E-state index in [2.05, 4.69) is 18.8 Å². The molecule has 0 saturated heterocycles. The molecule has 0 fully saturated rings. The Labute approximate surface area is 199 Å². The van der Waals surface area contributed by atoms with Crippen molar-refractivity contribution in [3.8, 4) is 5.75 Å². The van der Waals surface area contributed by atoms with Crippen LogP contribution in [-0.4, -0.2) is 41.6 Å². The molecule has 34 heavy (non-hydrogen) atoms. The SMILES string of the molecule is CCCCn1c(=O)n(C[C@H](O)COc2ccccc2C(C)C)c(=O)c2c1nc(CO)n2CCC. The smallest absolute Gasteiger partial charge is 0.332 e. The summed E-state index contributed by atoms with van der Waals surface area (Å²) in [5, 5.41) is 20.5. The van der Waals surface area contributed by atoms with Crippen LogP contribution in [0.4, 0.5) is 0 Å². The minimum absolute atomic E-state index is 0.0568. The average Bonchev–Trinajstić information content (AvgIpc) is 3.19. The van der Waals surface area contributed by atoms with Crippen LogP contribution in [0.5, 0.6) is 5.75 Å². The van der Waals surface area contributed by atoms with Crippen molar-refractivity contribution in [3.63, 3.8) is 0 Å². The standard InChI is InChI=1S/C25H36N4O5/c1-5-7-13-28-23-22(27(12-6-2)21(15-30)26-23)24(32)29(25(28)33)14-18(31)16-34-20-11-9-8-10-19(20)17(3)4/h8-11,17-18,30-31H,5-7,12-16H2,1-4H3/t18-/m0/s1. The molecule has 0 radical (unpaired) electrons. The zero-order valence-corrected chi connectivity index (χ0v) is 20.5. The monoisotopic (exact) mass is 472 g/mol. The molecule has 0 bridgehead atoms. The highest BCUT2D eigenvalue weighted by atomic mass is 16.5. The molecule has 0 spiro atoms. The summed E-state index contributed by atoms with van der Waals surface area (Å²) in [5.41, 5.74) is 0.553. The summed E-state index contributed by atoms with van der Waals surface area (Å²) >= 11 is 0. The van der Waals surface area contributed by atoms with Crippen molar-refractivity contribution in [2.75, 3.05) is 6.61 Å². The van der Waals surface area contributed by atoms with Crippen molar-refractivity contribution >= 4 is 11.2 Å². The van der Waals surface area contributed by atoms with E-state index in [1.54, 1.807) is 4.57 Å². The predicted molar refractivity (Wildman–Crippen MR) is 131 cm³/mol. The van der Waals surface area contributed by atoms with Gasteiger partial charge in [-0.15, -0.1) is 0 Å². The summed E-state index contributed by atoms with van der Waals surface area (Å²) in [6, 6.07) is 7.63. The lowest BCUT2D eigenvalue weighted by Gasteiger charge is -2.18. The molecule has 2 N–H and O–H groups in total. The molecule has 9 nitrogen and oxygen atoms in total. The third-order valence-electron chi connectivity index (χ3n) is 5.88. The van der Waals surface area contributed by atoms with E-state index in [0.29, 0.717) is 24.7 Å². The lowest BCUT2D eigenvalue weighted by atomic mass is 10.0. The Hall–Kier alpha value is -2.91. The fourth-order valence-corrected chi connectivity index (χ4v) is 4.14. The highest BCUT2D eigenvalue weighted by Crippen LogP contribution is 2.26. The number of fused-ring (bicyclic) bond motifs is 1. The van der Waals surface area contributed by atoms with Crippen LogP contribution in [0.25, 0.3) is 11.2 Å². The summed E-state index contributed by atoms with van der Waals surface area (Å²) in [6.45, 7) is 8.41. The number of aliphatic hydroxyl groups excluding tert-OH is 2. The number of unbranched alkanes of at least 4 members (excludes halogenated alkanes) is 1. The second-order valence-corrected chi connectivity index (χ2v) is 8.87. The van der Waals surface area contributed by atoms with Crippen LogP contribution in [0.3, 0.4) is 0 Å². The van der Waals surface area contributed by atoms with Gasteiger partial charge in [0.15, 0.2) is 11.2 Å². The zero-order valence-electron chi connectivity index (χ0n) is 20.5. The Bertz CT molecular complexity index is 1220. The first-order valence-corrected chi connectivity index (χ1v) is 12.1. The number of nitrogens with zero attached hydrogens (tertiary/aromatic N) is 4. The first-order chi connectivity index (χ1) is 16.3. The summed E-state index contributed by atoms with van der Waals surface area (Å²) in [5.74, 6) is 1.28. The first-order valence-electron chi connectivity index (χ1n) is 12.1. The first kappa shape index (κ1) is 25.7. The molecular formula is C25H36N4O5. The summed E-state index contributed by atoms with van der Waals surface area (Å²) in [4.78, 5) is 31.1. The zero-order chi connectivity index (χ0) is 24.8. The van der Waals surface area contributed by atoms with Gasteiger partial charge in [-0.3, -0.25) is 13.9 Å². The fourth-order valence-electron chi connectivity index (χ4n) is 4.14. The number of aromatic nitrogens is 4. The number of imidazole rings is 1.